The highest BCUT2D eigenvalue weighted by atomic mass is 15.3. The molecule has 0 aromatic carbocycles. The first kappa shape index (κ1) is 13.9. The lowest BCUT2D eigenvalue weighted by atomic mass is 10.1. The first-order valence-corrected chi connectivity index (χ1v) is 8.18. The number of rotatable bonds is 3. The van der Waals surface area contributed by atoms with E-state index in [1.54, 1.807) is 0 Å². The number of hydrogen-bond donors (Lipinski definition) is 0. The van der Waals surface area contributed by atoms with E-state index in [0.29, 0.717) is 5.92 Å². The van der Waals surface area contributed by atoms with Crippen molar-refractivity contribution in [1.29, 1.82) is 0 Å². The molecular formula is C17H27N3. The van der Waals surface area contributed by atoms with Crippen LogP contribution in [0.3, 0.4) is 0 Å². The zero-order valence-electron chi connectivity index (χ0n) is 12.9. The summed E-state index contributed by atoms with van der Waals surface area (Å²) < 4.78 is 0. The summed E-state index contributed by atoms with van der Waals surface area (Å²) in [6.45, 7) is 9.21. The monoisotopic (exact) mass is 273 g/mol. The van der Waals surface area contributed by atoms with E-state index in [4.69, 9.17) is 0 Å². The number of piperazine rings is 1. The molecule has 1 aromatic rings. The van der Waals surface area contributed by atoms with Gasteiger partial charge in [-0.05, 0) is 30.4 Å². The number of aromatic nitrogens is 1. The van der Waals surface area contributed by atoms with Gasteiger partial charge < -0.3 is 4.90 Å². The van der Waals surface area contributed by atoms with Crippen LogP contribution in [0.15, 0.2) is 18.5 Å². The SMILES string of the molecule is CC(C)c1cncc(N2CCN(C3CCCC3)CC2)c1. The zero-order chi connectivity index (χ0) is 13.9. The molecule has 3 nitrogen and oxygen atoms in total. The van der Waals surface area contributed by atoms with Gasteiger partial charge >= 0.3 is 0 Å². The minimum Gasteiger partial charge on any atom is -0.368 e. The molecule has 1 saturated carbocycles. The van der Waals surface area contributed by atoms with Gasteiger partial charge in [-0.3, -0.25) is 9.88 Å². The maximum absolute atomic E-state index is 4.42. The third-order valence-corrected chi connectivity index (χ3v) is 4.93. The molecule has 3 heteroatoms. The van der Waals surface area contributed by atoms with E-state index < -0.39 is 0 Å². The van der Waals surface area contributed by atoms with Crippen LogP contribution in [0.5, 0.6) is 0 Å². The Labute approximate surface area is 123 Å². The fourth-order valence-electron chi connectivity index (χ4n) is 3.55. The summed E-state index contributed by atoms with van der Waals surface area (Å²) in [7, 11) is 0. The van der Waals surface area contributed by atoms with E-state index in [0.717, 1.165) is 19.1 Å². The van der Waals surface area contributed by atoms with Gasteiger partial charge in [0.15, 0.2) is 0 Å². The molecule has 0 radical (unpaired) electrons. The molecule has 110 valence electrons. The largest absolute Gasteiger partial charge is 0.368 e. The van der Waals surface area contributed by atoms with Crippen LogP contribution in [0.1, 0.15) is 51.0 Å². The Balaban J connectivity index is 1.61. The molecule has 0 bridgehead atoms. The maximum Gasteiger partial charge on any atom is 0.0556 e. The normalized spacial score (nSPS) is 21.9. The summed E-state index contributed by atoms with van der Waals surface area (Å²) in [6, 6.07) is 3.19. The first-order chi connectivity index (χ1) is 9.74. The third kappa shape index (κ3) is 2.98. The van der Waals surface area contributed by atoms with Crippen molar-refractivity contribution in [3.05, 3.63) is 24.0 Å². The predicted molar refractivity (Wildman–Crippen MR) is 84.4 cm³/mol. The quantitative estimate of drug-likeness (QED) is 0.842. The van der Waals surface area contributed by atoms with Crippen LogP contribution in [0.25, 0.3) is 0 Å². The molecule has 2 fully saturated rings. The molecule has 0 spiro atoms. The van der Waals surface area contributed by atoms with Gasteiger partial charge in [-0.15, -0.1) is 0 Å². The average molecular weight is 273 g/mol. The van der Waals surface area contributed by atoms with Gasteiger partial charge in [-0.2, -0.15) is 0 Å². The Morgan fingerprint density at radius 2 is 1.75 bits per heavy atom. The summed E-state index contributed by atoms with van der Waals surface area (Å²) in [5.41, 5.74) is 2.66. The van der Waals surface area contributed by atoms with Gasteiger partial charge in [0.05, 0.1) is 11.9 Å². The standard InChI is InChI=1S/C17H27N3/c1-14(2)15-11-17(13-18-12-15)20-9-7-19(8-10-20)16-5-3-4-6-16/h11-14,16H,3-10H2,1-2H3. The lowest BCUT2D eigenvalue weighted by Crippen LogP contribution is -2.49. The van der Waals surface area contributed by atoms with E-state index in [1.807, 2.05) is 12.4 Å². The van der Waals surface area contributed by atoms with E-state index in [9.17, 15) is 0 Å². The number of pyridine rings is 1. The second-order valence-corrected chi connectivity index (χ2v) is 6.59. The lowest BCUT2D eigenvalue weighted by molar-refractivity contribution is 0.187. The highest BCUT2D eigenvalue weighted by molar-refractivity contribution is 5.47. The highest BCUT2D eigenvalue weighted by Crippen LogP contribution is 2.26. The van der Waals surface area contributed by atoms with Crippen LogP contribution in [-0.4, -0.2) is 42.1 Å². The van der Waals surface area contributed by atoms with Gasteiger partial charge in [-0.25, -0.2) is 0 Å². The Morgan fingerprint density at radius 1 is 1.05 bits per heavy atom. The van der Waals surface area contributed by atoms with Crippen molar-refractivity contribution in [2.45, 2.75) is 51.5 Å². The first-order valence-electron chi connectivity index (χ1n) is 8.18. The molecule has 1 aliphatic heterocycles. The van der Waals surface area contributed by atoms with Crippen molar-refractivity contribution in [3.8, 4) is 0 Å². The number of hydrogen-bond acceptors (Lipinski definition) is 3. The van der Waals surface area contributed by atoms with Crippen LogP contribution in [0.4, 0.5) is 5.69 Å². The Hall–Kier alpha value is -1.09. The maximum atomic E-state index is 4.42. The van der Waals surface area contributed by atoms with Crippen molar-refractivity contribution in [2.24, 2.45) is 0 Å². The van der Waals surface area contributed by atoms with E-state index in [-0.39, 0.29) is 0 Å². The molecule has 0 amide bonds. The van der Waals surface area contributed by atoms with Crippen LogP contribution >= 0.6 is 0 Å². The molecule has 1 aromatic heterocycles. The Bertz CT molecular complexity index is 430. The minimum absolute atomic E-state index is 0.558. The third-order valence-electron chi connectivity index (χ3n) is 4.93. The van der Waals surface area contributed by atoms with Crippen LogP contribution < -0.4 is 4.90 Å². The summed E-state index contributed by atoms with van der Waals surface area (Å²) in [6.07, 6.45) is 9.74. The van der Waals surface area contributed by atoms with E-state index >= 15 is 0 Å². The van der Waals surface area contributed by atoms with Crippen LogP contribution in [0.2, 0.25) is 0 Å². The Kier molecular flexibility index (Phi) is 4.25. The highest BCUT2D eigenvalue weighted by Gasteiger charge is 2.26. The topological polar surface area (TPSA) is 19.4 Å². The van der Waals surface area contributed by atoms with Crippen molar-refractivity contribution < 1.29 is 0 Å². The van der Waals surface area contributed by atoms with Crippen molar-refractivity contribution in [1.82, 2.24) is 9.88 Å². The summed E-state index contributed by atoms with van der Waals surface area (Å²) in [4.78, 5) is 9.64. The van der Waals surface area contributed by atoms with Gasteiger partial charge in [0.2, 0.25) is 0 Å². The molecule has 20 heavy (non-hydrogen) atoms. The number of nitrogens with zero attached hydrogens (tertiary/aromatic N) is 3. The van der Waals surface area contributed by atoms with Gasteiger partial charge in [0, 0.05) is 38.4 Å². The van der Waals surface area contributed by atoms with Crippen molar-refractivity contribution in [2.75, 3.05) is 31.1 Å². The molecule has 0 N–H and O–H groups in total. The molecule has 2 aliphatic rings. The van der Waals surface area contributed by atoms with E-state index in [2.05, 4.69) is 34.7 Å². The van der Waals surface area contributed by atoms with Gasteiger partial charge in [0.25, 0.3) is 0 Å². The van der Waals surface area contributed by atoms with Crippen LogP contribution in [-0.2, 0) is 0 Å². The Morgan fingerprint density at radius 3 is 2.40 bits per heavy atom. The minimum atomic E-state index is 0.558. The van der Waals surface area contributed by atoms with Crippen LogP contribution in [0, 0.1) is 0 Å². The number of anilines is 1. The molecule has 1 saturated heterocycles. The summed E-state index contributed by atoms with van der Waals surface area (Å²) in [5, 5.41) is 0. The molecule has 0 unspecified atom stereocenters. The summed E-state index contributed by atoms with van der Waals surface area (Å²) in [5.74, 6) is 0.558. The molecule has 0 atom stereocenters. The van der Waals surface area contributed by atoms with Crippen molar-refractivity contribution >= 4 is 5.69 Å². The molecule has 2 heterocycles. The second-order valence-electron chi connectivity index (χ2n) is 6.59. The fraction of sp³-hybridized carbons (Fsp3) is 0.706. The second kappa shape index (κ2) is 6.13. The predicted octanol–water partition coefficient (Wildman–Crippen LogP) is 3.27. The zero-order valence-corrected chi connectivity index (χ0v) is 12.9. The van der Waals surface area contributed by atoms with E-state index in [1.165, 1.54) is 50.0 Å². The fourth-order valence-corrected chi connectivity index (χ4v) is 3.55. The van der Waals surface area contributed by atoms with Gasteiger partial charge in [0.1, 0.15) is 0 Å². The summed E-state index contributed by atoms with van der Waals surface area (Å²) >= 11 is 0. The average Bonchev–Trinajstić information content (AvgIpc) is 3.02. The molecule has 3 rings (SSSR count). The molecular weight excluding hydrogens is 246 g/mol. The van der Waals surface area contributed by atoms with Crippen molar-refractivity contribution in [3.63, 3.8) is 0 Å². The smallest absolute Gasteiger partial charge is 0.0556 e. The lowest BCUT2D eigenvalue weighted by Gasteiger charge is -2.39. The van der Waals surface area contributed by atoms with Gasteiger partial charge in [-0.1, -0.05) is 26.7 Å². The molecule has 1 aliphatic carbocycles.